The topological polar surface area (TPSA) is 89.0 Å². The second-order valence-corrected chi connectivity index (χ2v) is 7.70. The molecule has 0 saturated carbocycles. The highest BCUT2D eigenvalue weighted by molar-refractivity contribution is 7.90. The van der Waals surface area contributed by atoms with Gasteiger partial charge in [-0.25, -0.2) is 8.42 Å². The van der Waals surface area contributed by atoms with Gasteiger partial charge in [-0.05, 0) is 31.0 Å². The number of ketones is 1. The molecular weight excluding hydrogens is 340 g/mol. The lowest BCUT2D eigenvalue weighted by molar-refractivity contribution is 0.103. The maximum atomic E-state index is 12.7. The van der Waals surface area contributed by atoms with Gasteiger partial charge >= 0.3 is 0 Å². The van der Waals surface area contributed by atoms with Crippen LogP contribution in [-0.2, 0) is 23.3 Å². The number of nitrogens with one attached hydrogen (secondary N) is 1. The molecule has 1 heterocycles. The van der Waals surface area contributed by atoms with Crippen molar-refractivity contribution in [1.29, 1.82) is 0 Å². The van der Waals surface area contributed by atoms with Gasteiger partial charge in [0.1, 0.15) is 5.56 Å². The summed E-state index contributed by atoms with van der Waals surface area (Å²) in [6.45, 7) is 3.37. The third-order valence-corrected chi connectivity index (χ3v) is 5.27. The monoisotopic (exact) mass is 356 g/mol. The van der Waals surface area contributed by atoms with E-state index in [-0.39, 0.29) is 21.0 Å². The van der Waals surface area contributed by atoms with E-state index in [2.05, 4.69) is 5.10 Å². The summed E-state index contributed by atoms with van der Waals surface area (Å²) in [5, 5.41) is 2.83. The Kier molecular flexibility index (Phi) is 4.54. The first-order valence-electron chi connectivity index (χ1n) is 6.91. The van der Waals surface area contributed by atoms with Crippen molar-refractivity contribution in [3.05, 3.63) is 49.9 Å². The van der Waals surface area contributed by atoms with Gasteiger partial charge in [0, 0.05) is 24.6 Å². The Bertz CT molecular complexity index is 955. The molecule has 2 rings (SSSR count). The van der Waals surface area contributed by atoms with Crippen molar-refractivity contribution in [2.75, 3.05) is 6.26 Å². The fourth-order valence-electron chi connectivity index (χ4n) is 2.54. The number of aromatic amines is 1. The quantitative estimate of drug-likeness (QED) is 0.847. The highest BCUT2D eigenvalue weighted by atomic mass is 35.5. The van der Waals surface area contributed by atoms with E-state index in [9.17, 15) is 18.0 Å². The summed E-state index contributed by atoms with van der Waals surface area (Å²) >= 11 is 6.27. The maximum Gasteiger partial charge on any atom is 0.277 e. The van der Waals surface area contributed by atoms with E-state index in [1.807, 2.05) is 0 Å². The normalized spacial score (nSPS) is 11.7. The van der Waals surface area contributed by atoms with Crippen LogP contribution in [-0.4, -0.2) is 30.2 Å². The molecule has 0 aliphatic carbocycles. The van der Waals surface area contributed by atoms with Crippen LogP contribution in [0.2, 0.25) is 5.02 Å². The molecule has 0 fully saturated rings. The number of carbonyl (C=O) groups is 1. The average Bonchev–Trinajstić information content (AvgIpc) is 2.70. The number of sulfone groups is 1. The fourth-order valence-corrected chi connectivity index (χ4v) is 3.99. The summed E-state index contributed by atoms with van der Waals surface area (Å²) in [7, 11) is -1.94. The first-order chi connectivity index (χ1) is 10.6. The number of rotatable bonds is 4. The van der Waals surface area contributed by atoms with Gasteiger partial charge in [0.25, 0.3) is 5.56 Å². The average molecular weight is 357 g/mol. The minimum Gasteiger partial charge on any atom is -0.299 e. The van der Waals surface area contributed by atoms with Crippen LogP contribution in [0, 0.1) is 6.92 Å². The number of benzene rings is 1. The Morgan fingerprint density at radius 3 is 2.39 bits per heavy atom. The molecule has 124 valence electrons. The Balaban J connectivity index is 2.71. The lowest BCUT2D eigenvalue weighted by Crippen LogP contribution is -2.20. The van der Waals surface area contributed by atoms with Crippen molar-refractivity contribution < 1.29 is 13.2 Å². The second-order valence-electron chi connectivity index (χ2n) is 5.33. The summed E-state index contributed by atoms with van der Waals surface area (Å²) in [5.74, 6) is -0.524. The molecule has 23 heavy (non-hydrogen) atoms. The van der Waals surface area contributed by atoms with Gasteiger partial charge in [-0.3, -0.25) is 19.4 Å². The Hall–Kier alpha value is -1.86. The zero-order valence-corrected chi connectivity index (χ0v) is 14.8. The molecule has 1 aromatic heterocycles. The van der Waals surface area contributed by atoms with Crippen LogP contribution in [0.15, 0.2) is 21.8 Å². The van der Waals surface area contributed by atoms with Gasteiger partial charge < -0.3 is 0 Å². The van der Waals surface area contributed by atoms with Crippen molar-refractivity contribution in [2.45, 2.75) is 25.2 Å². The predicted octanol–water partition coefficient (Wildman–Crippen LogP) is 1.87. The van der Waals surface area contributed by atoms with E-state index < -0.39 is 21.2 Å². The number of hydrogen-bond donors (Lipinski definition) is 1. The number of nitrogens with zero attached hydrogens (tertiary/aromatic N) is 1. The molecule has 2 aromatic rings. The molecule has 0 atom stereocenters. The molecule has 0 aliphatic rings. The summed E-state index contributed by atoms with van der Waals surface area (Å²) in [6.07, 6.45) is 1.44. The number of hydrogen-bond acceptors (Lipinski definition) is 4. The molecule has 1 aromatic carbocycles. The molecule has 0 aliphatic heterocycles. The lowest BCUT2D eigenvalue weighted by Gasteiger charge is -2.11. The number of carbonyl (C=O) groups excluding carboxylic acids is 1. The van der Waals surface area contributed by atoms with E-state index in [1.54, 1.807) is 13.8 Å². The lowest BCUT2D eigenvalue weighted by atomic mass is 10.0. The standard InChI is InChI=1S/C15H17ClN2O4S/c1-5-9-11(23(4,21)22)7-6-10(13(9)16)14(19)12-8(2)17-18(3)15(12)20/h6-7,17H,5H2,1-4H3. The third-order valence-electron chi connectivity index (χ3n) is 3.65. The van der Waals surface area contributed by atoms with E-state index in [0.29, 0.717) is 17.7 Å². The van der Waals surface area contributed by atoms with Crippen molar-refractivity contribution in [3.63, 3.8) is 0 Å². The fraction of sp³-hybridized carbons (Fsp3) is 0.333. The first-order valence-corrected chi connectivity index (χ1v) is 9.18. The van der Waals surface area contributed by atoms with Gasteiger partial charge in [0.05, 0.1) is 9.92 Å². The number of halogens is 1. The zero-order valence-electron chi connectivity index (χ0n) is 13.2. The van der Waals surface area contributed by atoms with Crippen LogP contribution in [0.3, 0.4) is 0 Å². The van der Waals surface area contributed by atoms with Crippen LogP contribution >= 0.6 is 11.6 Å². The van der Waals surface area contributed by atoms with Crippen LogP contribution in [0.1, 0.15) is 34.1 Å². The van der Waals surface area contributed by atoms with Gasteiger partial charge in [-0.1, -0.05) is 18.5 Å². The Labute approximate surface area is 139 Å². The molecule has 0 spiro atoms. The molecule has 8 heteroatoms. The zero-order chi connectivity index (χ0) is 17.5. The summed E-state index contributed by atoms with van der Waals surface area (Å²) in [4.78, 5) is 24.8. The molecule has 6 nitrogen and oxygen atoms in total. The van der Waals surface area contributed by atoms with Gasteiger partial charge in [0.2, 0.25) is 5.78 Å². The van der Waals surface area contributed by atoms with Crippen LogP contribution < -0.4 is 5.56 Å². The van der Waals surface area contributed by atoms with Gasteiger partial charge in [-0.2, -0.15) is 0 Å². The van der Waals surface area contributed by atoms with E-state index in [0.717, 1.165) is 6.26 Å². The molecule has 0 saturated heterocycles. The molecule has 0 unspecified atom stereocenters. The van der Waals surface area contributed by atoms with E-state index in [1.165, 1.54) is 23.9 Å². The van der Waals surface area contributed by atoms with E-state index >= 15 is 0 Å². The number of aryl methyl sites for hydroxylation is 2. The van der Waals surface area contributed by atoms with Gasteiger partial charge in [-0.15, -0.1) is 0 Å². The summed E-state index contributed by atoms with van der Waals surface area (Å²) in [5.41, 5.74) is 0.488. The molecule has 0 bridgehead atoms. The Morgan fingerprint density at radius 1 is 1.35 bits per heavy atom. The molecule has 0 radical (unpaired) electrons. The first kappa shape index (κ1) is 17.5. The second kappa shape index (κ2) is 5.98. The van der Waals surface area contributed by atoms with Crippen molar-refractivity contribution in [2.24, 2.45) is 7.05 Å². The minimum absolute atomic E-state index is 0.00330. The Morgan fingerprint density at radius 2 is 1.96 bits per heavy atom. The van der Waals surface area contributed by atoms with Gasteiger partial charge in [0.15, 0.2) is 9.84 Å². The summed E-state index contributed by atoms with van der Waals surface area (Å²) in [6, 6.07) is 2.71. The highest BCUT2D eigenvalue weighted by Crippen LogP contribution is 2.29. The number of H-pyrrole nitrogens is 1. The largest absolute Gasteiger partial charge is 0.299 e. The SMILES string of the molecule is CCc1c(S(C)(=O)=O)ccc(C(=O)c2c(C)[nH]n(C)c2=O)c1Cl. The van der Waals surface area contributed by atoms with Crippen LogP contribution in [0.25, 0.3) is 0 Å². The number of aromatic nitrogens is 2. The maximum absolute atomic E-state index is 12.7. The summed E-state index contributed by atoms with van der Waals surface area (Å²) < 4.78 is 24.9. The predicted molar refractivity (Wildman–Crippen MR) is 88.1 cm³/mol. The molecule has 0 amide bonds. The van der Waals surface area contributed by atoms with Crippen LogP contribution in [0.5, 0.6) is 0 Å². The molecule has 1 N–H and O–H groups in total. The smallest absolute Gasteiger partial charge is 0.277 e. The van der Waals surface area contributed by atoms with Crippen LogP contribution in [0.4, 0.5) is 0 Å². The third kappa shape index (κ3) is 2.98. The van der Waals surface area contributed by atoms with E-state index in [4.69, 9.17) is 11.6 Å². The van der Waals surface area contributed by atoms with Crippen molar-refractivity contribution in [1.82, 2.24) is 9.78 Å². The minimum atomic E-state index is -3.46. The van der Waals surface area contributed by atoms with Crippen molar-refractivity contribution >= 4 is 27.2 Å². The van der Waals surface area contributed by atoms with Crippen molar-refractivity contribution in [3.8, 4) is 0 Å². The highest BCUT2D eigenvalue weighted by Gasteiger charge is 2.25. The molecular formula is C15H17ClN2O4S.